The van der Waals surface area contributed by atoms with E-state index in [1.165, 1.54) is 5.56 Å². The van der Waals surface area contributed by atoms with Gasteiger partial charge in [-0.25, -0.2) is 9.97 Å². The van der Waals surface area contributed by atoms with Gasteiger partial charge in [0.2, 0.25) is 5.95 Å². The Labute approximate surface area is 171 Å². The predicted octanol–water partition coefficient (Wildman–Crippen LogP) is 2.87. The normalized spacial score (nSPS) is 18.4. The maximum Gasteiger partial charge on any atom is 0.272 e. The molecule has 2 aromatic rings. The third-order valence-corrected chi connectivity index (χ3v) is 5.56. The molecule has 1 aromatic heterocycles. The lowest BCUT2D eigenvalue weighted by atomic mass is 10.0. The molecule has 0 bridgehead atoms. The van der Waals surface area contributed by atoms with Crippen LogP contribution in [0.3, 0.4) is 0 Å². The molecule has 4 rings (SSSR count). The van der Waals surface area contributed by atoms with Gasteiger partial charge in [0.25, 0.3) is 5.91 Å². The van der Waals surface area contributed by atoms with Crippen LogP contribution < -0.4 is 4.90 Å². The number of rotatable bonds is 5. The smallest absolute Gasteiger partial charge is 0.272 e. The summed E-state index contributed by atoms with van der Waals surface area (Å²) in [5, 5.41) is 0. The summed E-state index contributed by atoms with van der Waals surface area (Å²) in [5.41, 5.74) is 1.61. The van der Waals surface area contributed by atoms with Crippen LogP contribution in [0.15, 0.2) is 42.6 Å². The predicted molar refractivity (Wildman–Crippen MR) is 110 cm³/mol. The molecule has 29 heavy (non-hydrogen) atoms. The number of aromatic nitrogens is 2. The number of piperidine rings is 1. The van der Waals surface area contributed by atoms with Gasteiger partial charge in [0.05, 0.1) is 13.2 Å². The lowest BCUT2D eigenvalue weighted by Crippen LogP contribution is -2.47. The maximum atomic E-state index is 13.0. The second-order valence-electron chi connectivity index (χ2n) is 7.85. The molecular formula is C22H28N4O3. The summed E-state index contributed by atoms with van der Waals surface area (Å²) in [6, 6.07) is 12.1. The molecule has 0 saturated carbocycles. The zero-order chi connectivity index (χ0) is 20.3. The molecule has 3 heterocycles. The Morgan fingerprint density at radius 1 is 1.14 bits per heavy atom. The van der Waals surface area contributed by atoms with Crippen LogP contribution in [0.4, 0.5) is 5.95 Å². The molecule has 2 fully saturated rings. The fourth-order valence-corrected chi connectivity index (χ4v) is 3.87. The van der Waals surface area contributed by atoms with Crippen LogP contribution in [0.1, 0.15) is 42.7 Å². The number of nitrogens with zero attached hydrogens (tertiary/aromatic N) is 4. The van der Waals surface area contributed by atoms with E-state index >= 15 is 0 Å². The molecule has 2 aliphatic rings. The van der Waals surface area contributed by atoms with Crippen LogP contribution in [-0.4, -0.2) is 58.9 Å². The largest absolute Gasteiger partial charge is 0.347 e. The molecule has 0 atom stereocenters. The second-order valence-corrected chi connectivity index (χ2v) is 7.85. The summed E-state index contributed by atoms with van der Waals surface area (Å²) >= 11 is 0. The molecule has 0 N–H and O–H groups in total. The lowest BCUT2D eigenvalue weighted by molar-refractivity contribution is -0.181. The van der Waals surface area contributed by atoms with Crippen LogP contribution in [0.2, 0.25) is 0 Å². The number of carbonyl (C=O) groups is 1. The topological polar surface area (TPSA) is 67.8 Å². The van der Waals surface area contributed by atoms with E-state index in [4.69, 9.17) is 9.47 Å². The number of hydrogen-bond donors (Lipinski definition) is 0. The maximum absolute atomic E-state index is 13.0. The zero-order valence-corrected chi connectivity index (χ0v) is 17.1. The highest BCUT2D eigenvalue weighted by atomic mass is 16.7. The Balaban J connectivity index is 1.47. The SMILES string of the molecule is CC(C)N(Cc1ccccc1)c1nccc(C(=O)N2CCC3(CC2)OCCO3)n1. The number of benzene rings is 1. The first-order chi connectivity index (χ1) is 14.1. The average Bonchev–Trinajstić information content (AvgIpc) is 3.20. The van der Waals surface area contributed by atoms with Gasteiger partial charge in [0.15, 0.2) is 5.79 Å². The summed E-state index contributed by atoms with van der Waals surface area (Å²) < 4.78 is 11.5. The van der Waals surface area contributed by atoms with Crippen LogP contribution in [0.5, 0.6) is 0 Å². The fourth-order valence-electron chi connectivity index (χ4n) is 3.87. The van der Waals surface area contributed by atoms with Crippen molar-refractivity contribution in [3.63, 3.8) is 0 Å². The molecule has 1 spiro atoms. The van der Waals surface area contributed by atoms with Gasteiger partial charge < -0.3 is 19.3 Å². The monoisotopic (exact) mass is 396 g/mol. The molecule has 0 aliphatic carbocycles. The van der Waals surface area contributed by atoms with Crippen LogP contribution in [0, 0.1) is 0 Å². The summed E-state index contributed by atoms with van der Waals surface area (Å²) in [7, 11) is 0. The first-order valence-corrected chi connectivity index (χ1v) is 10.3. The highest BCUT2D eigenvalue weighted by Crippen LogP contribution is 2.31. The number of ether oxygens (including phenoxy) is 2. The van der Waals surface area contributed by atoms with Gasteiger partial charge in [-0.1, -0.05) is 30.3 Å². The van der Waals surface area contributed by atoms with Gasteiger partial charge in [-0.2, -0.15) is 0 Å². The second kappa shape index (κ2) is 8.47. The zero-order valence-electron chi connectivity index (χ0n) is 17.1. The van der Waals surface area contributed by atoms with Crippen LogP contribution >= 0.6 is 0 Å². The quantitative estimate of drug-likeness (QED) is 0.774. The van der Waals surface area contributed by atoms with E-state index in [1.54, 1.807) is 12.3 Å². The molecule has 1 aromatic carbocycles. The number of likely N-dealkylation sites (tertiary alicyclic amines) is 1. The van der Waals surface area contributed by atoms with E-state index in [-0.39, 0.29) is 11.9 Å². The van der Waals surface area contributed by atoms with Crippen molar-refractivity contribution in [1.82, 2.24) is 14.9 Å². The Morgan fingerprint density at radius 2 is 1.83 bits per heavy atom. The van der Waals surface area contributed by atoms with Crippen LogP contribution in [-0.2, 0) is 16.0 Å². The van der Waals surface area contributed by atoms with E-state index in [1.807, 2.05) is 23.1 Å². The van der Waals surface area contributed by atoms with E-state index in [2.05, 4.69) is 40.8 Å². The summed E-state index contributed by atoms with van der Waals surface area (Å²) in [5.74, 6) is 0.0214. The van der Waals surface area contributed by atoms with Crippen molar-refractivity contribution in [2.75, 3.05) is 31.2 Å². The Kier molecular flexibility index (Phi) is 5.78. The van der Waals surface area contributed by atoms with Crippen molar-refractivity contribution in [3.8, 4) is 0 Å². The highest BCUT2D eigenvalue weighted by molar-refractivity contribution is 5.92. The number of carbonyl (C=O) groups excluding carboxylic acids is 1. The molecular weight excluding hydrogens is 368 g/mol. The molecule has 1 amide bonds. The number of hydrogen-bond acceptors (Lipinski definition) is 6. The number of amides is 1. The molecule has 7 heteroatoms. The minimum Gasteiger partial charge on any atom is -0.347 e. The molecule has 2 aliphatic heterocycles. The van der Waals surface area contributed by atoms with E-state index in [0.29, 0.717) is 57.3 Å². The van der Waals surface area contributed by atoms with Crippen molar-refractivity contribution in [3.05, 3.63) is 53.9 Å². The lowest BCUT2D eigenvalue weighted by Gasteiger charge is -2.37. The van der Waals surface area contributed by atoms with Gasteiger partial charge in [0, 0.05) is 44.7 Å². The Morgan fingerprint density at radius 3 is 2.48 bits per heavy atom. The standard InChI is InChI=1S/C22H28N4O3/c1-17(2)26(16-18-6-4-3-5-7-18)21-23-11-8-19(24-21)20(27)25-12-9-22(10-13-25)28-14-15-29-22/h3-8,11,17H,9-10,12-16H2,1-2H3. The summed E-state index contributed by atoms with van der Waals surface area (Å²) in [4.78, 5) is 26.0. The van der Waals surface area contributed by atoms with E-state index < -0.39 is 5.79 Å². The molecule has 0 unspecified atom stereocenters. The van der Waals surface area contributed by atoms with Gasteiger partial charge >= 0.3 is 0 Å². The highest BCUT2D eigenvalue weighted by Gasteiger charge is 2.41. The third-order valence-electron chi connectivity index (χ3n) is 5.56. The molecule has 7 nitrogen and oxygen atoms in total. The van der Waals surface area contributed by atoms with Crippen molar-refractivity contribution in [2.24, 2.45) is 0 Å². The van der Waals surface area contributed by atoms with E-state index in [0.717, 1.165) is 0 Å². The van der Waals surface area contributed by atoms with Gasteiger partial charge in [-0.15, -0.1) is 0 Å². The first kappa shape index (κ1) is 19.8. The number of anilines is 1. The Bertz CT molecular complexity index is 827. The van der Waals surface area contributed by atoms with E-state index in [9.17, 15) is 4.79 Å². The summed E-state index contributed by atoms with van der Waals surface area (Å²) in [6.45, 7) is 7.38. The molecule has 154 valence electrons. The van der Waals surface area contributed by atoms with Crippen LogP contribution in [0.25, 0.3) is 0 Å². The minimum absolute atomic E-state index is 0.0649. The van der Waals surface area contributed by atoms with Crippen molar-refractivity contribution >= 4 is 11.9 Å². The molecule has 0 radical (unpaired) electrons. The van der Waals surface area contributed by atoms with Crippen molar-refractivity contribution in [1.29, 1.82) is 0 Å². The third kappa shape index (κ3) is 4.41. The first-order valence-electron chi connectivity index (χ1n) is 10.3. The molecule has 2 saturated heterocycles. The minimum atomic E-state index is -0.488. The Hall–Kier alpha value is -2.51. The van der Waals surface area contributed by atoms with Crippen molar-refractivity contribution < 1.29 is 14.3 Å². The van der Waals surface area contributed by atoms with Gasteiger partial charge in [-0.3, -0.25) is 4.79 Å². The van der Waals surface area contributed by atoms with Gasteiger partial charge in [-0.05, 0) is 25.5 Å². The van der Waals surface area contributed by atoms with Gasteiger partial charge in [0.1, 0.15) is 5.69 Å². The fraction of sp³-hybridized carbons (Fsp3) is 0.500. The van der Waals surface area contributed by atoms with Crippen molar-refractivity contribution in [2.45, 2.75) is 45.1 Å². The average molecular weight is 396 g/mol. The summed E-state index contributed by atoms with van der Waals surface area (Å²) in [6.07, 6.45) is 3.07.